The number of nitrogens with zero attached hydrogens (tertiary/aromatic N) is 1. The number of aromatic hydroxyl groups is 1. The van der Waals surface area contributed by atoms with E-state index in [0.29, 0.717) is 18.4 Å². The summed E-state index contributed by atoms with van der Waals surface area (Å²) < 4.78 is 13.2. The SMILES string of the molecule is O=C1C(CC[C@H](O)c2ccc(F)cc2)[C@@H](c2ccc(-c3cccc(O)c3)cc2)N1c1ccccc1. The monoisotopic (exact) mass is 467 g/mol. The molecule has 4 aromatic rings. The molecular formula is C30H26FNO3. The Hall–Kier alpha value is -3.96. The van der Waals surface area contributed by atoms with E-state index in [1.807, 2.05) is 71.6 Å². The zero-order valence-corrected chi connectivity index (χ0v) is 19.1. The average Bonchev–Trinajstić information content (AvgIpc) is 2.88. The van der Waals surface area contributed by atoms with Crippen molar-refractivity contribution in [3.05, 3.63) is 120 Å². The van der Waals surface area contributed by atoms with Gasteiger partial charge in [0.2, 0.25) is 5.91 Å². The number of hydrogen-bond acceptors (Lipinski definition) is 3. The van der Waals surface area contributed by atoms with E-state index in [4.69, 9.17) is 0 Å². The van der Waals surface area contributed by atoms with Crippen molar-refractivity contribution in [2.45, 2.75) is 25.0 Å². The summed E-state index contributed by atoms with van der Waals surface area (Å²) in [5, 5.41) is 20.4. The summed E-state index contributed by atoms with van der Waals surface area (Å²) in [6.07, 6.45) is 0.158. The fraction of sp³-hybridized carbons (Fsp3) is 0.167. The van der Waals surface area contributed by atoms with Gasteiger partial charge in [-0.2, -0.15) is 0 Å². The van der Waals surface area contributed by atoms with Gasteiger partial charge in [0, 0.05) is 5.69 Å². The first-order chi connectivity index (χ1) is 17.0. The van der Waals surface area contributed by atoms with E-state index in [1.165, 1.54) is 12.1 Å². The Labute approximate surface area is 203 Å². The maximum atomic E-state index is 13.2. The molecule has 0 spiro atoms. The third-order valence-electron chi connectivity index (χ3n) is 6.69. The number of carbonyl (C=O) groups is 1. The number of phenolic OH excluding ortho intramolecular Hbond substituents is 1. The van der Waals surface area contributed by atoms with Crippen LogP contribution in [0, 0.1) is 11.7 Å². The number of phenols is 1. The summed E-state index contributed by atoms with van der Waals surface area (Å²) in [6.45, 7) is 0. The van der Waals surface area contributed by atoms with Crippen LogP contribution in [0.15, 0.2) is 103 Å². The summed E-state index contributed by atoms with van der Waals surface area (Å²) in [5.41, 5.74) is 4.39. The lowest BCUT2D eigenvalue weighted by atomic mass is 9.78. The van der Waals surface area contributed by atoms with Crippen molar-refractivity contribution in [2.75, 3.05) is 4.90 Å². The average molecular weight is 468 g/mol. The number of aliphatic hydroxyl groups excluding tert-OH is 1. The van der Waals surface area contributed by atoms with Gasteiger partial charge in [-0.15, -0.1) is 0 Å². The van der Waals surface area contributed by atoms with Gasteiger partial charge in [0.25, 0.3) is 0 Å². The van der Waals surface area contributed by atoms with Crippen LogP contribution in [0.3, 0.4) is 0 Å². The zero-order valence-electron chi connectivity index (χ0n) is 19.1. The minimum absolute atomic E-state index is 0.0320. The lowest BCUT2D eigenvalue weighted by Crippen LogP contribution is -2.55. The number of hydrogen-bond donors (Lipinski definition) is 2. The smallest absolute Gasteiger partial charge is 0.233 e. The number of amides is 1. The zero-order chi connectivity index (χ0) is 24.4. The molecule has 2 N–H and O–H groups in total. The number of halogens is 1. The lowest BCUT2D eigenvalue weighted by Gasteiger charge is -2.48. The van der Waals surface area contributed by atoms with Crippen LogP contribution >= 0.6 is 0 Å². The normalized spacial score (nSPS) is 18.2. The minimum atomic E-state index is -0.761. The highest BCUT2D eigenvalue weighted by Crippen LogP contribution is 2.46. The topological polar surface area (TPSA) is 60.8 Å². The molecule has 3 atom stereocenters. The molecule has 1 unspecified atom stereocenters. The molecule has 1 fully saturated rings. The molecule has 5 rings (SSSR count). The quantitative estimate of drug-likeness (QED) is 0.309. The van der Waals surface area contributed by atoms with E-state index in [9.17, 15) is 19.4 Å². The molecule has 0 saturated carbocycles. The molecule has 5 heteroatoms. The molecule has 1 heterocycles. The molecule has 0 aliphatic carbocycles. The minimum Gasteiger partial charge on any atom is -0.508 e. The fourth-order valence-electron chi connectivity index (χ4n) is 4.84. The van der Waals surface area contributed by atoms with Crippen molar-refractivity contribution in [3.63, 3.8) is 0 Å². The van der Waals surface area contributed by atoms with Crippen LogP contribution < -0.4 is 4.90 Å². The predicted octanol–water partition coefficient (Wildman–Crippen LogP) is 6.42. The number of carbonyl (C=O) groups excluding carboxylic acids is 1. The van der Waals surface area contributed by atoms with Crippen LogP contribution in [-0.2, 0) is 4.79 Å². The van der Waals surface area contributed by atoms with Crippen molar-refractivity contribution in [3.8, 4) is 16.9 Å². The summed E-state index contributed by atoms with van der Waals surface area (Å²) in [7, 11) is 0. The highest BCUT2D eigenvalue weighted by atomic mass is 19.1. The van der Waals surface area contributed by atoms with Gasteiger partial charge in [0.1, 0.15) is 11.6 Å². The Morgan fingerprint density at radius 3 is 2.23 bits per heavy atom. The van der Waals surface area contributed by atoms with Crippen molar-refractivity contribution in [1.82, 2.24) is 0 Å². The molecule has 1 amide bonds. The largest absolute Gasteiger partial charge is 0.508 e. The number of rotatable bonds is 7. The van der Waals surface area contributed by atoms with Gasteiger partial charge in [0.15, 0.2) is 0 Å². The highest BCUT2D eigenvalue weighted by molar-refractivity contribution is 6.03. The molecule has 4 aromatic carbocycles. The van der Waals surface area contributed by atoms with E-state index >= 15 is 0 Å². The Kier molecular flexibility index (Phi) is 6.34. The van der Waals surface area contributed by atoms with Gasteiger partial charge in [0.05, 0.1) is 18.1 Å². The molecule has 35 heavy (non-hydrogen) atoms. The number of anilines is 1. The van der Waals surface area contributed by atoms with Gasteiger partial charge in [-0.1, -0.05) is 66.7 Å². The van der Waals surface area contributed by atoms with E-state index in [0.717, 1.165) is 22.4 Å². The Balaban J connectivity index is 1.39. The van der Waals surface area contributed by atoms with Crippen LogP contribution in [0.2, 0.25) is 0 Å². The Morgan fingerprint density at radius 1 is 0.829 bits per heavy atom. The van der Waals surface area contributed by atoms with Crippen LogP contribution in [0.5, 0.6) is 5.75 Å². The molecule has 0 radical (unpaired) electrons. The summed E-state index contributed by atoms with van der Waals surface area (Å²) >= 11 is 0. The highest BCUT2D eigenvalue weighted by Gasteiger charge is 2.48. The molecule has 0 aromatic heterocycles. The summed E-state index contributed by atoms with van der Waals surface area (Å²) in [5.74, 6) is -0.365. The first-order valence-corrected chi connectivity index (χ1v) is 11.7. The van der Waals surface area contributed by atoms with E-state index in [2.05, 4.69) is 0 Å². The second-order valence-corrected chi connectivity index (χ2v) is 8.91. The first kappa shape index (κ1) is 22.8. The van der Waals surface area contributed by atoms with E-state index in [1.54, 1.807) is 24.3 Å². The molecule has 0 bridgehead atoms. The van der Waals surface area contributed by atoms with Gasteiger partial charge in [-0.05, 0) is 71.5 Å². The number of para-hydroxylation sites is 1. The number of benzene rings is 4. The molecular weight excluding hydrogens is 441 g/mol. The summed E-state index contributed by atoms with van der Waals surface area (Å²) in [6, 6.07) is 30.4. The molecule has 176 valence electrons. The molecule has 1 aliphatic rings. The molecule has 1 saturated heterocycles. The lowest BCUT2D eigenvalue weighted by molar-refractivity contribution is -0.131. The predicted molar refractivity (Wildman–Crippen MR) is 134 cm³/mol. The third kappa shape index (κ3) is 4.68. The van der Waals surface area contributed by atoms with Crippen molar-refractivity contribution < 1.29 is 19.4 Å². The van der Waals surface area contributed by atoms with Gasteiger partial charge >= 0.3 is 0 Å². The molecule has 4 nitrogen and oxygen atoms in total. The standard InChI is InChI=1S/C30H26FNO3/c31-24-15-13-21(14-16-24)28(34)18-17-27-29(32(30(27)35)25-6-2-1-3-7-25)22-11-9-20(10-12-22)23-5-4-8-26(33)19-23/h1-16,19,27-29,33-34H,17-18H2/t27?,28-,29+/m0/s1. The third-order valence-corrected chi connectivity index (χ3v) is 6.69. The Morgan fingerprint density at radius 2 is 1.54 bits per heavy atom. The number of β-lactam (4-membered cyclic amide) rings is 1. The van der Waals surface area contributed by atoms with Crippen LogP contribution in [-0.4, -0.2) is 16.1 Å². The van der Waals surface area contributed by atoms with Crippen LogP contribution in [0.25, 0.3) is 11.1 Å². The maximum Gasteiger partial charge on any atom is 0.233 e. The fourth-order valence-corrected chi connectivity index (χ4v) is 4.84. The van der Waals surface area contributed by atoms with Crippen molar-refractivity contribution in [2.24, 2.45) is 5.92 Å². The number of aliphatic hydroxyl groups is 1. The second kappa shape index (κ2) is 9.72. The van der Waals surface area contributed by atoms with Gasteiger partial charge in [-0.25, -0.2) is 4.39 Å². The van der Waals surface area contributed by atoms with Crippen molar-refractivity contribution >= 4 is 11.6 Å². The van der Waals surface area contributed by atoms with Gasteiger partial charge < -0.3 is 15.1 Å². The first-order valence-electron chi connectivity index (χ1n) is 11.7. The van der Waals surface area contributed by atoms with E-state index < -0.39 is 6.10 Å². The van der Waals surface area contributed by atoms with Crippen LogP contribution in [0.1, 0.15) is 36.1 Å². The van der Waals surface area contributed by atoms with E-state index in [-0.39, 0.29) is 29.4 Å². The maximum absolute atomic E-state index is 13.2. The second-order valence-electron chi connectivity index (χ2n) is 8.91. The molecule has 1 aliphatic heterocycles. The van der Waals surface area contributed by atoms with Crippen LogP contribution in [0.4, 0.5) is 10.1 Å². The Bertz CT molecular complexity index is 1310. The summed E-state index contributed by atoms with van der Waals surface area (Å²) in [4.78, 5) is 15.1. The van der Waals surface area contributed by atoms with Gasteiger partial charge in [-0.3, -0.25) is 4.79 Å². The van der Waals surface area contributed by atoms with Crippen molar-refractivity contribution in [1.29, 1.82) is 0 Å².